The van der Waals surface area contributed by atoms with E-state index in [2.05, 4.69) is 0 Å². The van der Waals surface area contributed by atoms with Gasteiger partial charge in [-0.25, -0.2) is 0 Å². The third kappa shape index (κ3) is 5.11. The van der Waals surface area contributed by atoms with Crippen LogP contribution in [0.1, 0.15) is 28.3 Å². The Morgan fingerprint density at radius 3 is 2.22 bits per heavy atom. The van der Waals surface area contributed by atoms with Gasteiger partial charge in [0.1, 0.15) is 23.9 Å². The van der Waals surface area contributed by atoms with E-state index in [1.54, 1.807) is 55.6 Å². The molecular weight excluding hydrogens is 458 g/mol. The van der Waals surface area contributed by atoms with Crippen LogP contribution in [0.5, 0.6) is 11.5 Å². The molecule has 1 aliphatic heterocycles. The Balaban J connectivity index is 1.64. The van der Waals surface area contributed by atoms with Gasteiger partial charge in [-0.2, -0.15) is 0 Å². The average Bonchev–Trinajstić information content (AvgIpc) is 3.16. The van der Waals surface area contributed by atoms with Gasteiger partial charge in [0, 0.05) is 19.2 Å². The number of nitrogens with zero attached hydrogens (tertiary/aromatic N) is 1. The molecule has 0 bridgehead atoms. The lowest BCUT2D eigenvalue weighted by atomic mass is 9.95. The van der Waals surface area contributed by atoms with E-state index in [0.717, 1.165) is 11.1 Å². The van der Waals surface area contributed by atoms with Crippen molar-refractivity contribution < 1.29 is 28.9 Å². The molecule has 36 heavy (non-hydrogen) atoms. The molecule has 3 aromatic carbocycles. The molecule has 186 valence electrons. The molecule has 1 atom stereocenters. The lowest BCUT2D eigenvalue weighted by Crippen LogP contribution is -2.32. The Kier molecular flexibility index (Phi) is 7.71. The van der Waals surface area contributed by atoms with Crippen LogP contribution in [0.25, 0.3) is 5.76 Å². The van der Waals surface area contributed by atoms with Crippen molar-refractivity contribution in [1.29, 1.82) is 0 Å². The number of likely N-dealkylation sites (tertiary alicyclic amines) is 1. The SMILES string of the molecule is COCCN1C(=O)C(=O)/C(=C(/O)c2ccc(OCc3ccccc3C)cc2)C1c1ccc(OC)cc1. The molecule has 1 unspecified atom stereocenters. The minimum atomic E-state index is -0.747. The number of aryl methyl sites for hydroxylation is 1. The summed E-state index contributed by atoms with van der Waals surface area (Å²) in [6.45, 7) is 2.91. The predicted octanol–water partition coefficient (Wildman–Crippen LogP) is 4.65. The molecule has 0 saturated carbocycles. The fourth-order valence-electron chi connectivity index (χ4n) is 4.23. The van der Waals surface area contributed by atoms with Gasteiger partial charge in [0.25, 0.3) is 11.7 Å². The monoisotopic (exact) mass is 487 g/mol. The van der Waals surface area contributed by atoms with Crippen LogP contribution in [0.15, 0.2) is 78.4 Å². The molecule has 4 rings (SSSR count). The smallest absolute Gasteiger partial charge is 0.295 e. The van der Waals surface area contributed by atoms with E-state index in [1.165, 1.54) is 12.0 Å². The van der Waals surface area contributed by atoms with Gasteiger partial charge in [-0.1, -0.05) is 36.4 Å². The Bertz CT molecular complexity index is 1260. The summed E-state index contributed by atoms with van der Waals surface area (Å²) in [6.07, 6.45) is 0. The summed E-state index contributed by atoms with van der Waals surface area (Å²) in [5, 5.41) is 11.2. The van der Waals surface area contributed by atoms with E-state index < -0.39 is 17.7 Å². The number of benzene rings is 3. The normalized spacial score (nSPS) is 16.9. The molecule has 3 aromatic rings. The van der Waals surface area contributed by atoms with Crippen LogP contribution in [-0.4, -0.2) is 49.1 Å². The summed E-state index contributed by atoms with van der Waals surface area (Å²) in [5.41, 5.74) is 3.37. The molecule has 0 aliphatic carbocycles. The molecule has 1 saturated heterocycles. The van der Waals surface area contributed by atoms with Gasteiger partial charge in [0.05, 0.1) is 25.3 Å². The molecule has 1 heterocycles. The van der Waals surface area contributed by atoms with Crippen LogP contribution in [0.4, 0.5) is 0 Å². The Labute approximate surface area is 210 Å². The molecule has 0 spiro atoms. The number of carbonyl (C=O) groups excluding carboxylic acids is 2. The Morgan fingerprint density at radius 2 is 1.58 bits per heavy atom. The van der Waals surface area contributed by atoms with Gasteiger partial charge >= 0.3 is 0 Å². The summed E-state index contributed by atoms with van der Waals surface area (Å²) in [4.78, 5) is 27.4. The van der Waals surface area contributed by atoms with Gasteiger partial charge < -0.3 is 24.2 Å². The molecule has 7 nitrogen and oxygen atoms in total. The lowest BCUT2D eigenvalue weighted by molar-refractivity contribution is -0.140. The van der Waals surface area contributed by atoms with Crippen molar-refractivity contribution in [1.82, 2.24) is 4.90 Å². The maximum absolute atomic E-state index is 13.1. The maximum Gasteiger partial charge on any atom is 0.295 e. The second-order valence-electron chi connectivity index (χ2n) is 8.50. The van der Waals surface area contributed by atoms with Crippen LogP contribution in [0.3, 0.4) is 0 Å². The second-order valence-corrected chi connectivity index (χ2v) is 8.50. The lowest BCUT2D eigenvalue weighted by Gasteiger charge is -2.25. The molecule has 7 heteroatoms. The fraction of sp³-hybridized carbons (Fsp3) is 0.241. The number of ketones is 1. The molecule has 0 aromatic heterocycles. The number of carbonyl (C=O) groups is 2. The zero-order chi connectivity index (χ0) is 25.7. The van der Waals surface area contributed by atoms with Crippen molar-refractivity contribution in [3.05, 3.63) is 101 Å². The minimum Gasteiger partial charge on any atom is -0.507 e. The van der Waals surface area contributed by atoms with E-state index in [4.69, 9.17) is 14.2 Å². The average molecular weight is 488 g/mol. The number of ether oxygens (including phenoxy) is 3. The topological polar surface area (TPSA) is 85.3 Å². The van der Waals surface area contributed by atoms with Crippen LogP contribution in [0.2, 0.25) is 0 Å². The second kappa shape index (κ2) is 11.1. The summed E-state index contributed by atoms with van der Waals surface area (Å²) < 4.78 is 16.3. The first-order chi connectivity index (χ1) is 17.4. The van der Waals surface area contributed by atoms with Gasteiger partial charge in [0.2, 0.25) is 0 Å². The molecule has 1 aliphatic rings. The molecular formula is C29H29NO6. The number of hydrogen-bond donors (Lipinski definition) is 1. The summed E-state index contributed by atoms with van der Waals surface area (Å²) in [5.74, 6) is -0.368. The Morgan fingerprint density at radius 1 is 0.917 bits per heavy atom. The summed E-state index contributed by atoms with van der Waals surface area (Å²) in [7, 11) is 3.09. The highest BCUT2D eigenvalue weighted by atomic mass is 16.5. The number of hydrogen-bond acceptors (Lipinski definition) is 6. The van der Waals surface area contributed by atoms with Crippen molar-refractivity contribution in [2.45, 2.75) is 19.6 Å². The fourth-order valence-corrected chi connectivity index (χ4v) is 4.23. The first kappa shape index (κ1) is 25.0. The van der Waals surface area contributed by atoms with Crippen molar-refractivity contribution in [3.63, 3.8) is 0 Å². The van der Waals surface area contributed by atoms with Gasteiger partial charge in [-0.05, 0) is 60.0 Å². The minimum absolute atomic E-state index is 0.0369. The van der Waals surface area contributed by atoms with E-state index in [1.807, 2.05) is 31.2 Å². The molecule has 0 radical (unpaired) electrons. The number of Topliss-reactive ketones (excluding diaryl/α,β-unsaturated/α-hetero) is 1. The number of rotatable bonds is 9. The Hall–Kier alpha value is -4.10. The van der Waals surface area contributed by atoms with Crippen molar-refractivity contribution in [3.8, 4) is 11.5 Å². The predicted molar refractivity (Wildman–Crippen MR) is 136 cm³/mol. The molecule has 1 N–H and O–H groups in total. The van der Waals surface area contributed by atoms with Gasteiger partial charge in [-0.3, -0.25) is 9.59 Å². The zero-order valence-electron chi connectivity index (χ0n) is 20.6. The number of methoxy groups -OCH3 is 2. The third-order valence-electron chi connectivity index (χ3n) is 6.29. The van der Waals surface area contributed by atoms with Crippen molar-refractivity contribution in [2.75, 3.05) is 27.4 Å². The van der Waals surface area contributed by atoms with E-state index in [9.17, 15) is 14.7 Å². The number of amides is 1. The van der Waals surface area contributed by atoms with Crippen molar-refractivity contribution in [2.24, 2.45) is 0 Å². The largest absolute Gasteiger partial charge is 0.507 e. The highest BCUT2D eigenvalue weighted by molar-refractivity contribution is 6.46. The van der Waals surface area contributed by atoms with Crippen molar-refractivity contribution >= 4 is 17.4 Å². The van der Waals surface area contributed by atoms with E-state index in [0.29, 0.717) is 29.2 Å². The van der Waals surface area contributed by atoms with E-state index >= 15 is 0 Å². The number of aliphatic hydroxyl groups is 1. The van der Waals surface area contributed by atoms with Gasteiger partial charge in [0.15, 0.2) is 0 Å². The highest BCUT2D eigenvalue weighted by Crippen LogP contribution is 2.39. The molecule has 1 fully saturated rings. The van der Waals surface area contributed by atoms with Crippen LogP contribution in [-0.2, 0) is 20.9 Å². The zero-order valence-corrected chi connectivity index (χ0v) is 20.6. The molecule has 1 amide bonds. The standard InChI is InChI=1S/C29H29NO6/c1-19-6-4-5-7-22(19)18-36-24-14-10-21(11-15-24)27(31)25-26(20-8-12-23(35-3)13-9-20)30(16-17-34-2)29(33)28(25)32/h4-15,26,31H,16-18H2,1-3H3/b27-25+. The van der Waals surface area contributed by atoms with Crippen LogP contribution >= 0.6 is 0 Å². The first-order valence-electron chi connectivity index (χ1n) is 11.6. The van der Waals surface area contributed by atoms with E-state index in [-0.39, 0.29) is 24.5 Å². The maximum atomic E-state index is 13.1. The first-order valence-corrected chi connectivity index (χ1v) is 11.6. The summed E-state index contributed by atoms with van der Waals surface area (Å²) >= 11 is 0. The third-order valence-corrected chi connectivity index (χ3v) is 6.29. The van der Waals surface area contributed by atoms with Crippen LogP contribution in [0, 0.1) is 6.92 Å². The van der Waals surface area contributed by atoms with Crippen LogP contribution < -0.4 is 9.47 Å². The quantitative estimate of drug-likeness (QED) is 0.269. The van der Waals surface area contributed by atoms with Gasteiger partial charge in [-0.15, -0.1) is 0 Å². The number of aliphatic hydroxyl groups excluding tert-OH is 1. The summed E-state index contributed by atoms with van der Waals surface area (Å²) in [6, 6.07) is 21.1. The highest BCUT2D eigenvalue weighted by Gasteiger charge is 2.45.